The Hall–Kier alpha value is -2.41. The van der Waals surface area contributed by atoms with E-state index in [0.717, 1.165) is 32.4 Å². The van der Waals surface area contributed by atoms with Gasteiger partial charge in [0.15, 0.2) is 0 Å². The number of benzene rings is 1. The average Bonchev–Trinajstić information content (AvgIpc) is 2.77. The zero-order valence-electron chi connectivity index (χ0n) is 19.5. The molecule has 0 spiro atoms. The number of aromatic hydroxyl groups is 1. The van der Waals surface area contributed by atoms with E-state index in [1.165, 1.54) is 18.4 Å². The molecule has 1 aliphatic heterocycles. The Labute approximate surface area is 191 Å². The van der Waals surface area contributed by atoms with Crippen LogP contribution in [0.15, 0.2) is 24.3 Å². The second-order valence-corrected chi connectivity index (χ2v) is 9.57. The van der Waals surface area contributed by atoms with Gasteiger partial charge >= 0.3 is 5.97 Å². The molecule has 7 heteroatoms. The zero-order chi connectivity index (χ0) is 23.7. The number of aldehydes is 1. The number of hydrogen-bond acceptors (Lipinski definition) is 5. The van der Waals surface area contributed by atoms with Gasteiger partial charge in [-0.25, -0.2) is 0 Å². The number of phenols is 1. The Morgan fingerprint density at radius 1 is 1.16 bits per heavy atom. The van der Waals surface area contributed by atoms with Gasteiger partial charge in [0.1, 0.15) is 12.0 Å². The van der Waals surface area contributed by atoms with Crippen LogP contribution in [0.5, 0.6) is 5.75 Å². The highest BCUT2D eigenvalue weighted by atomic mass is 16.4. The third-order valence-corrected chi connectivity index (χ3v) is 6.77. The first-order chi connectivity index (χ1) is 15.2. The summed E-state index contributed by atoms with van der Waals surface area (Å²) < 4.78 is 0. The monoisotopic (exact) mass is 446 g/mol. The van der Waals surface area contributed by atoms with E-state index < -0.39 is 5.97 Å². The molecule has 0 radical (unpaired) electrons. The van der Waals surface area contributed by atoms with Gasteiger partial charge < -0.3 is 25.2 Å². The molecule has 1 aliphatic carbocycles. The largest absolute Gasteiger partial charge is 0.508 e. The van der Waals surface area contributed by atoms with Crippen LogP contribution in [0.2, 0.25) is 0 Å². The van der Waals surface area contributed by atoms with E-state index in [4.69, 9.17) is 5.11 Å². The van der Waals surface area contributed by atoms with Crippen molar-refractivity contribution in [3.8, 4) is 5.75 Å². The second kappa shape index (κ2) is 12.0. The fourth-order valence-electron chi connectivity index (χ4n) is 5.06. The number of carbonyl (C=O) groups excluding carboxylic acids is 2. The first kappa shape index (κ1) is 25.8. The number of carboxylic acids is 1. The maximum Gasteiger partial charge on any atom is 0.303 e. The van der Waals surface area contributed by atoms with Crippen molar-refractivity contribution in [3.05, 3.63) is 29.8 Å². The normalized spacial score (nSPS) is 24.7. The molecule has 3 unspecified atom stereocenters. The molecule has 2 aliphatic rings. The van der Waals surface area contributed by atoms with Crippen molar-refractivity contribution in [2.45, 2.75) is 70.8 Å². The van der Waals surface area contributed by atoms with Gasteiger partial charge in [0.05, 0.1) is 12.3 Å². The lowest BCUT2D eigenvalue weighted by Gasteiger charge is -2.46. The molecule has 1 aromatic rings. The van der Waals surface area contributed by atoms with Crippen molar-refractivity contribution in [1.82, 2.24) is 10.2 Å². The summed E-state index contributed by atoms with van der Waals surface area (Å²) in [5.41, 5.74) is 1.30. The predicted octanol–water partition coefficient (Wildman–Crippen LogP) is 3.56. The standard InChI is InChI=1S/C21H32N2O2.C4H6O3/c1-21(2)14-23(20(25)17-6-4-5-7-19(17)22-3)13-12-18(21)15-8-10-16(24)11-9-15;5-3-1-2-4(6)7/h8-11,17-19,22,24H,4-7,12-14H2,1-3H3;3H,1-2H2,(H,6,7). The van der Waals surface area contributed by atoms with Crippen molar-refractivity contribution < 1.29 is 24.6 Å². The van der Waals surface area contributed by atoms with Gasteiger partial charge in [-0.1, -0.05) is 38.8 Å². The molecule has 32 heavy (non-hydrogen) atoms. The van der Waals surface area contributed by atoms with Crippen molar-refractivity contribution >= 4 is 18.2 Å². The number of hydrogen-bond donors (Lipinski definition) is 3. The SMILES string of the molecule is CNC1CCCCC1C(=O)N1CCC(c2ccc(O)cc2)C(C)(C)C1.O=CCCC(=O)O. The Kier molecular flexibility index (Phi) is 9.69. The molecule has 3 N–H and O–H groups in total. The summed E-state index contributed by atoms with van der Waals surface area (Å²) in [6.07, 6.45) is 6.17. The van der Waals surface area contributed by atoms with E-state index >= 15 is 0 Å². The van der Waals surface area contributed by atoms with Crippen LogP contribution >= 0.6 is 0 Å². The molecule has 2 fully saturated rings. The second-order valence-electron chi connectivity index (χ2n) is 9.57. The molecule has 7 nitrogen and oxygen atoms in total. The number of rotatable bonds is 6. The Morgan fingerprint density at radius 2 is 1.81 bits per heavy atom. The topological polar surface area (TPSA) is 107 Å². The third-order valence-electron chi connectivity index (χ3n) is 6.77. The number of phenolic OH excluding ortho intramolecular Hbond substituents is 1. The lowest BCUT2D eigenvalue weighted by molar-refractivity contribution is -0.141. The van der Waals surface area contributed by atoms with Crippen LogP contribution in [0.1, 0.15) is 70.3 Å². The van der Waals surface area contributed by atoms with Gasteiger partial charge in [-0.2, -0.15) is 0 Å². The van der Waals surface area contributed by atoms with Crippen molar-refractivity contribution in [1.29, 1.82) is 0 Å². The molecule has 3 rings (SSSR count). The molecule has 1 saturated heterocycles. The number of piperidine rings is 1. The summed E-state index contributed by atoms with van der Waals surface area (Å²) in [7, 11) is 1.98. The fraction of sp³-hybridized carbons (Fsp3) is 0.640. The number of amides is 1. The summed E-state index contributed by atoms with van der Waals surface area (Å²) in [5, 5.41) is 20.8. The quantitative estimate of drug-likeness (QED) is 0.577. The van der Waals surface area contributed by atoms with Gasteiger partial charge in [-0.05, 0) is 55.3 Å². The highest BCUT2D eigenvalue weighted by Gasteiger charge is 2.41. The highest BCUT2D eigenvalue weighted by Crippen LogP contribution is 2.43. The smallest absolute Gasteiger partial charge is 0.303 e. The number of nitrogens with zero attached hydrogens (tertiary/aromatic N) is 1. The minimum absolute atomic E-state index is 0.0364. The van der Waals surface area contributed by atoms with Crippen LogP contribution in [-0.2, 0) is 14.4 Å². The molecule has 1 heterocycles. The van der Waals surface area contributed by atoms with Crippen molar-refractivity contribution in [2.75, 3.05) is 20.1 Å². The van der Waals surface area contributed by atoms with Gasteiger partial charge in [-0.15, -0.1) is 0 Å². The van der Waals surface area contributed by atoms with E-state index in [2.05, 4.69) is 24.1 Å². The summed E-state index contributed by atoms with van der Waals surface area (Å²) in [6, 6.07) is 7.92. The average molecular weight is 447 g/mol. The Bertz CT molecular complexity index is 762. The van der Waals surface area contributed by atoms with Crippen LogP contribution in [0.3, 0.4) is 0 Å². The van der Waals surface area contributed by atoms with Crippen molar-refractivity contribution in [3.63, 3.8) is 0 Å². The maximum atomic E-state index is 13.2. The Morgan fingerprint density at radius 3 is 2.34 bits per heavy atom. The lowest BCUT2D eigenvalue weighted by atomic mass is 9.70. The van der Waals surface area contributed by atoms with Gasteiger partial charge in [0.25, 0.3) is 0 Å². The van der Waals surface area contributed by atoms with Crippen LogP contribution in [0.4, 0.5) is 0 Å². The van der Waals surface area contributed by atoms with Gasteiger partial charge in [0, 0.05) is 25.6 Å². The first-order valence-corrected chi connectivity index (χ1v) is 11.6. The fourth-order valence-corrected chi connectivity index (χ4v) is 5.06. The minimum Gasteiger partial charge on any atom is -0.508 e. The molecule has 0 bridgehead atoms. The molecule has 178 valence electrons. The maximum absolute atomic E-state index is 13.2. The summed E-state index contributed by atoms with van der Waals surface area (Å²) in [6.45, 7) is 6.17. The molecule has 3 atom stereocenters. The van der Waals surface area contributed by atoms with Gasteiger partial charge in [-0.3, -0.25) is 9.59 Å². The molecule has 1 saturated carbocycles. The van der Waals surface area contributed by atoms with E-state index in [1.807, 2.05) is 19.2 Å². The van der Waals surface area contributed by atoms with E-state index in [0.29, 0.717) is 29.9 Å². The highest BCUT2D eigenvalue weighted by molar-refractivity contribution is 5.80. The summed E-state index contributed by atoms with van der Waals surface area (Å²) in [4.78, 5) is 34.3. The molecule has 1 amide bonds. The third kappa shape index (κ3) is 7.05. The van der Waals surface area contributed by atoms with Crippen LogP contribution < -0.4 is 5.32 Å². The number of carbonyl (C=O) groups is 3. The molecule has 1 aromatic carbocycles. The predicted molar refractivity (Wildman–Crippen MR) is 124 cm³/mol. The molecular formula is C25H38N2O5. The minimum atomic E-state index is -0.924. The first-order valence-electron chi connectivity index (χ1n) is 11.6. The van der Waals surface area contributed by atoms with E-state index in [-0.39, 0.29) is 24.2 Å². The number of nitrogens with one attached hydrogen (secondary N) is 1. The van der Waals surface area contributed by atoms with Crippen LogP contribution in [0.25, 0.3) is 0 Å². The number of aliphatic carboxylic acids is 1. The molecule has 0 aromatic heterocycles. The molecular weight excluding hydrogens is 408 g/mol. The number of likely N-dealkylation sites (tertiary alicyclic amines) is 1. The van der Waals surface area contributed by atoms with Gasteiger partial charge in [0.2, 0.25) is 5.91 Å². The van der Waals surface area contributed by atoms with E-state index in [1.54, 1.807) is 12.1 Å². The van der Waals surface area contributed by atoms with E-state index in [9.17, 15) is 19.5 Å². The van der Waals surface area contributed by atoms with Crippen LogP contribution in [-0.4, -0.2) is 59.5 Å². The summed E-state index contributed by atoms with van der Waals surface area (Å²) in [5.74, 6) is 0.288. The lowest BCUT2D eigenvalue weighted by Crippen LogP contribution is -2.52. The Balaban J connectivity index is 0.000000451. The van der Waals surface area contributed by atoms with Crippen molar-refractivity contribution in [2.24, 2.45) is 11.3 Å². The van der Waals surface area contributed by atoms with Crippen LogP contribution in [0, 0.1) is 11.3 Å². The zero-order valence-corrected chi connectivity index (χ0v) is 19.5. The number of carboxylic acid groups (broad SMARTS) is 1. The summed E-state index contributed by atoms with van der Waals surface area (Å²) >= 11 is 0.